The molecule has 1 amide bonds. The summed E-state index contributed by atoms with van der Waals surface area (Å²) >= 11 is 12.7. The number of rotatable bonds is 7. The van der Waals surface area contributed by atoms with Gasteiger partial charge in [-0.25, -0.2) is 13.8 Å². The van der Waals surface area contributed by atoms with Gasteiger partial charge in [-0.3, -0.25) is 14.2 Å². The summed E-state index contributed by atoms with van der Waals surface area (Å²) in [5.41, 5.74) is 3.51. The summed E-state index contributed by atoms with van der Waals surface area (Å²) in [6.07, 6.45) is 4.48. The standard InChI is InChI=1S/C30H31Cl2F2N7O2/c1-30(33,34)21-4-7-25-37-27(20-2-5-22(6-3-20)38-12-14-43-15-13-38)29(41(25)19-21)36-18-26(42)39-8-10-40(11-9-39)28-23(31)16-35-17-24(28)32/h2-7,16-17,19,36H,8-15,18H2,1H3. The number of halogens is 4. The Labute approximate surface area is 258 Å². The van der Waals surface area contributed by atoms with Crippen molar-refractivity contribution in [2.45, 2.75) is 12.8 Å². The monoisotopic (exact) mass is 629 g/mol. The topological polar surface area (TPSA) is 78.2 Å². The van der Waals surface area contributed by atoms with E-state index in [-0.39, 0.29) is 18.0 Å². The number of aromatic nitrogens is 3. The number of imidazole rings is 1. The lowest BCUT2D eigenvalue weighted by Crippen LogP contribution is -2.50. The molecule has 0 saturated carbocycles. The molecule has 0 aliphatic carbocycles. The fraction of sp³-hybridized carbons (Fsp3) is 0.367. The highest BCUT2D eigenvalue weighted by Crippen LogP contribution is 2.35. The number of benzene rings is 1. The number of pyridine rings is 2. The second kappa shape index (κ2) is 12.1. The molecule has 0 bridgehead atoms. The number of morpholine rings is 1. The maximum absolute atomic E-state index is 14.3. The van der Waals surface area contributed by atoms with Crippen molar-refractivity contribution in [1.29, 1.82) is 0 Å². The van der Waals surface area contributed by atoms with Crippen molar-refractivity contribution in [3.63, 3.8) is 0 Å². The first kappa shape index (κ1) is 29.4. The number of hydrogen-bond acceptors (Lipinski definition) is 7. The number of hydrogen-bond donors (Lipinski definition) is 1. The molecular weight excluding hydrogens is 599 g/mol. The smallest absolute Gasteiger partial charge is 0.271 e. The number of nitrogens with zero attached hydrogens (tertiary/aromatic N) is 6. The van der Waals surface area contributed by atoms with E-state index in [1.54, 1.807) is 27.8 Å². The number of amides is 1. The Morgan fingerprint density at radius 1 is 0.953 bits per heavy atom. The van der Waals surface area contributed by atoms with Crippen LogP contribution in [0, 0.1) is 0 Å². The molecule has 5 heterocycles. The molecule has 226 valence electrons. The zero-order valence-corrected chi connectivity index (χ0v) is 25.1. The number of anilines is 3. The molecule has 2 saturated heterocycles. The van der Waals surface area contributed by atoms with Crippen molar-refractivity contribution in [3.05, 3.63) is 70.6 Å². The minimum atomic E-state index is -3.04. The van der Waals surface area contributed by atoms with Gasteiger partial charge in [0.25, 0.3) is 5.92 Å². The summed E-state index contributed by atoms with van der Waals surface area (Å²) < 4.78 is 35.6. The normalized spacial score (nSPS) is 16.2. The molecule has 2 fully saturated rings. The van der Waals surface area contributed by atoms with Crippen LogP contribution in [0.15, 0.2) is 55.0 Å². The zero-order valence-electron chi connectivity index (χ0n) is 23.6. The van der Waals surface area contributed by atoms with Crippen LogP contribution >= 0.6 is 23.2 Å². The molecule has 2 aliphatic heterocycles. The lowest BCUT2D eigenvalue weighted by Gasteiger charge is -2.36. The first-order chi connectivity index (χ1) is 20.7. The van der Waals surface area contributed by atoms with E-state index in [1.165, 1.54) is 12.3 Å². The van der Waals surface area contributed by atoms with Crippen LogP contribution in [-0.4, -0.2) is 84.2 Å². The van der Waals surface area contributed by atoms with E-state index < -0.39 is 5.92 Å². The molecule has 0 atom stereocenters. The zero-order chi connectivity index (χ0) is 30.1. The quantitative estimate of drug-likeness (QED) is 0.293. The first-order valence-corrected chi connectivity index (χ1v) is 14.8. The Kier molecular flexibility index (Phi) is 8.30. The van der Waals surface area contributed by atoms with Crippen LogP contribution in [0.1, 0.15) is 12.5 Å². The molecular formula is C30H31Cl2F2N7O2. The number of alkyl halides is 2. The van der Waals surface area contributed by atoms with Gasteiger partial charge in [0.2, 0.25) is 5.91 Å². The van der Waals surface area contributed by atoms with Gasteiger partial charge in [0.05, 0.1) is 35.5 Å². The van der Waals surface area contributed by atoms with E-state index in [4.69, 9.17) is 32.9 Å². The minimum absolute atomic E-state index is 0.0316. The Balaban J connectivity index is 1.22. The molecule has 1 aromatic carbocycles. The van der Waals surface area contributed by atoms with Gasteiger partial charge in [-0.05, 0) is 24.3 Å². The highest BCUT2D eigenvalue weighted by Gasteiger charge is 2.27. The van der Waals surface area contributed by atoms with Crippen LogP contribution < -0.4 is 15.1 Å². The van der Waals surface area contributed by atoms with Crippen LogP contribution in [0.2, 0.25) is 10.0 Å². The largest absolute Gasteiger partial charge is 0.378 e. The lowest BCUT2D eigenvalue weighted by atomic mass is 10.1. The van der Waals surface area contributed by atoms with Gasteiger partial charge >= 0.3 is 0 Å². The number of fused-ring (bicyclic) bond motifs is 1. The van der Waals surface area contributed by atoms with E-state index in [9.17, 15) is 13.6 Å². The van der Waals surface area contributed by atoms with Gasteiger partial charge in [0, 0.05) is 81.6 Å². The predicted molar refractivity (Wildman–Crippen MR) is 165 cm³/mol. The molecule has 43 heavy (non-hydrogen) atoms. The third-order valence-electron chi connectivity index (χ3n) is 7.83. The van der Waals surface area contributed by atoms with Crippen molar-refractivity contribution in [2.24, 2.45) is 0 Å². The molecule has 6 rings (SSSR count). The predicted octanol–water partition coefficient (Wildman–Crippen LogP) is 5.41. The molecule has 0 unspecified atom stereocenters. The summed E-state index contributed by atoms with van der Waals surface area (Å²) in [6.45, 7) is 5.88. The lowest BCUT2D eigenvalue weighted by molar-refractivity contribution is -0.129. The maximum Gasteiger partial charge on any atom is 0.271 e. The molecule has 4 aromatic rings. The Morgan fingerprint density at radius 3 is 2.28 bits per heavy atom. The number of carbonyl (C=O) groups is 1. The van der Waals surface area contributed by atoms with Gasteiger partial charge in [0.15, 0.2) is 0 Å². The van der Waals surface area contributed by atoms with E-state index in [0.717, 1.165) is 31.3 Å². The Hall–Kier alpha value is -3.67. The molecule has 1 N–H and O–H groups in total. The number of ether oxygens (including phenoxy) is 1. The molecule has 13 heteroatoms. The van der Waals surface area contributed by atoms with Crippen molar-refractivity contribution in [2.75, 3.05) is 74.1 Å². The van der Waals surface area contributed by atoms with Crippen molar-refractivity contribution < 1.29 is 18.3 Å². The van der Waals surface area contributed by atoms with Crippen molar-refractivity contribution in [3.8, 4) is 11.3 Å². The number of nitrogens with one attached hydrogen (secondary N) is 1. The van der Waals surface area contributed by atoms with E-state index in [1.807, 2.05) is 29.2 Å². The fourth-order valence-electron chi connectivity index (χ4n) is 5.48. The molecule has 9 nitrogen and oxygen atoms in total. The molecule has 2 aliphatic rings. The second-order valence-electron chi connectivity index (χ2n) is 10.7. The second-order valence-corrected chi connectivity index (χ2v) is 11.5. The third kappa shape index (κ3) is 6.20. The van der Waals surface area contributed by atoms with E-state index >= 15 is 0 Å². The first-order valence-electron chi connectivity index (χ1n) is 14.1. The van der Waals surface area contributed by atoms with Gasteiger partial charge in [0.1, 0.15) is 17.2 Å². The van der Waals surface area contributed by atoms with Crippen LogP contribution in [0.25, 0.3) is 16.9 Å². The van der Waals surface area contributed by atoms with E-state index in [2.05, 4.69) is 15.2 Å². The number of piperazine rings is 1. The van der Waals surface area contributed by atoms with E-state index in [0.29, 0.717) is 72.3 Å². The van der Waals surface area contributed by atoms with Gasteiger partial charge in [-0.2, -0.15) is 0 Å². The van der Waals surface area contributed by atoms with Crippen molar-refractivity contribution in [1.82, 2.24) is 19.3 Å². The molecule has 0 spiro atoms. The minimum Gasteiger partial charge on any atom is -0.378 e. The highest BCUT2D eigenvalue weighted by atomic mass is 35.5. The summed E-state index contributed by atoms with van der Waals surface area (Å²) in [6, 6.07) is 10.9. The Bertz CT molecular complexity index is 1590. The van der Waals surface area contributed by atoms with Gasteiger partial charge in [-0.15, -0.1) is 0 Å². The average molecular weight is 631 g/mol. The third-order valence-corrected chi connectivity index (χ3v) is 8.38. The number of carbonyl (C=O) groups excluding carboxylic acids is 1. The van der Waals surface area contributed by atoms with Crippen molar-refractivity contribution >= 4 is 51.9 Å². The van der Waals surface area contributed by atoms with Crippen LogP contribution in [0.3, 0.4) is 0 Å². The van der Waals surface area contributed by atoms with Gasteiger partial charge < -0.3 is 24.8 Å². The average Bonchev–Trinajstić information content (AvgIpc) is 3.38. The van der Waals surface area contributed by atoms with Crippen LogP contribution in [-0.2, 0) is 15.5 Å². The van der Waals surface area contributed by atoms with Crippen LogP contribution in [0.5, 0.6) is 0 Å². The maximum atomic E-state index is 14.3. The fourth-order valence-corrected chi connectivity index (χ4v) is 6.09. The summed E-state index contributed by atoms with van der Waals surface area (Å²) in [5, 5.41) is 4.15. The molecule has 0 radical (unpaired) electrons. The highest BCUT2D eigenvalue weighted by molar-refractivity contribution is 6.38. The SMILES string of the molecule is CC(F)(F)c1ccc2nc(-c3ccc(N4CCOCC4)cc3)c(NCC(=O)N3CCN(c4c(Cl)cncc4Cl)CC3)n2c1. The summed E-state index contributed by atoms with van der Waals surface area (Å²) in [7, 11) is 0. The summed E-state index contributed by atoms with van der Waals surface area (Å²) in [4.78, 5) is 28.1. The summed E-state index contributed by atoms with van der Waals surface area (Å²) in [5.74, 6) is -2.68. The molecule has 3 aromatic heterocycles. The van der Waals surface area contributed by atoms with Gasteiger partial charge in [-0.1, -0.05) is 35.3 Å². The Morgan fingerprint density at radius 2 is 1.63 bits per heavy atom. The van der Waals surface area contributed by atoms with Crippen LogP contribution in [0.4, 0.5) is 26.0 Å².